The van der Waals surface area contributed by atoms with E-state index >= 15 is 0 Å². The Morgan fingerprint density at radius 3 is 0.583 bits per heavy atom. The Balaban J connectivity index is 3.00. The highest BCUT2D eigenvalue weighted by Crippen LogP contribution is 2.16. The second-order valence-electron chi connectivity index (χ2n) is 11.9. The molecule has 0 aliphatic heterocycles. The van der Waals surface area contributed by atoms with Crippen molar-refractivity contribution in [3.05, 3.63) is 0 Å². The molecular formula is C35H72O. The largest absolute Gasteiger partial charge is 0.381 e. The molecule has 0 unspecified atom stereocenters. The zero-order chi connectivity index (χ0) is 26.0. The van der Waals surface area contributed by atoms with Gasteiger partial charge in [-0.05, 0) is 12.8 Å². The smallest absolute Gasteiger partial charge is 0.0466 e. The summed E-state index contributed by atoms with van der Waals surface area (Å²) in [6.45, 7) is 6.57. The number of rotatable bonds is 33. The fraction of sp³-hybridized carbons (Fsp3) is 1.00. The molecule has 0 saturated heterocycles. The summed E-state index contributed by atoms with van der Waals surface area (Å²) in [5.41, 5.74) is 0. The van der Waals surface area contributed by atoms with Crippen molar-refractivity contribution in [2.75, 3.05) is 13.2 Å². The summed E-state index contributed by atoms with van der Waals surface area (Å²) in [5, 5.41) is 0. The lowest BCUT2D eigenvalue weighted by atomic mass is 10.0. The lowest BCUT2D eigenvalue weighted by Gasteiger charge is -2.05. The van der Waals surface area contributed by atoms with Gasteiger partial charge in [0.15, 0.2) is 0 Å². The highest BCUT2D eigenvalue weighted by Gasteiger charge is 1.97. The zero-order valence-electron chi connectivity index (χ0n) is 25.7. The first-order valence-corrected chi connectivity index (χ1v) is 17.5. The van der Waals surface area contributed by atoms with Gasteiger partial charge in [0, 0.05) is 13.2 Å². The molecule has 0 aliphatic rings. The summed E-state index contributed by atoms with van der Waals surface area (Å²) >= 11 is 0. The van der Waals surface area contributed by atoms with E-state index in [1.165, 1.54) is 199 Å². The monoisotopic (exact) mass is 509 g/mol. The van der Waals surface area contributed by atoms with E-state index in [-0.39, 0.29) is 0 Å². The first-order chi connectivity index (χ1) is 17.9. The topological polar surface area (TPSA) is 9.23 Å². The first-order valence-electron chi connectivity index (χ1n) is 17.5. The van der Waals surface area contributed by atoms with E-state index in [0.717, 1.165) is 13.2 Å². The van der Waals surface area contributed by atoms with Gasteiger partial charge in [-0.15, -0.1) is 0 Å². The highest BCUT2D eigenvalue weighted by molar-refractivity contribution is 4.52. The van der Waals surface area contributed by atoms with Gasteiger partial charge in [0.2, 0.25) is 0 Å². The van der Waals surface area contributed by atoms with Crippen molar-refractivity contribution < 1.29 is 4.74 Å². The maximum absolute atomic E-state index is 5.77. The van der Waals surface area contributed by atoms with E-state index < -0.39 is 0 Å². The Morgan fingerprint density at radius 2 is 0.389 bits per heavy atom. The molecule has 0 amide bonds. The summed E-state index contributed by atoms with van der Waals surface area (Å²) in [6, 6.07) is 0. The van der Waals surface area contributed by atoms with Crippen LogP contribution in [0.3, 0.4) is 0 Å². The van der Waals surface area contributed by atoms with Crippen molar-refractivity contribution in [3.8, 4) is 0 Å². The van der Waals surface area contributed by atoms with Gasteiger partial charge in [-0.2, -0.15) is 0 Å². The van der Waals surface area contributed by atoms with Crippen molar-refractivity contribution >= 4 is 0 Å². The van der Waals surface area contributed by atoms with Crippen LogP contribution in [0.25, 0.3) is 0 Å². The summed E-state index contributed by atoms with van der Waals surface area (Å²) in [7, 11) is 0. The molecule has 1 heteroatoms. The molecule has 218 valence electrons. The molecule has 0 saturated carbocycles. The molecule has 0 spiro atoms. The van der Waals surface area contributed by atoms with Crippen LogP contribution in [0, 0.1) is 0 Å². The highest BCUT2D eigenvalue weighted by atomic mass is 16.5. The average molecular weight is 509 g/mol. The summed E-state index contributed by atoms with van der Waals surface area (Å²) in [5.74, 6) is 0. The van der Waals surface area contributed by atoms with E-state index in [9.17, 15) is 0 Å². The molecular weight excluding hydrogens is 436 g/mol. The molecule has 0 rings (SSSR count). The first kappa shape index (κ1) is 36.0. The Labute approximate surface area is 230 Å². The minimum atomic E-state index is 0.989. The molecule has 0 N–H and O–H groups in total. The lowest BCUT2D eigenvalue weighted by Crippen LogP contribution is -1.97. The standard InChI is InChI=1S/C35H72O/c1-3-5-7-9-10-11-12-13-14-15-16-17-18-19-20-21-22-23-24-25-26-27-28-29-31-33-35-36-34-32-30-8-6-4-2/h3-35H2,1-2H3. The summed E-state index contributed by atoms with van der Waals surface area (Å²) < 4.78 is 5.77. The predicted molar refractivity (Wildman–Crippen MR) is 165 cm³/mol. The van der Waals surface area contributed by atoms with Crippen LogP contribution in [0.2, 0.25) is 0 Å². The van der Waals surface area contributed by atoms with E-state index in [0.29, 0.717) is 0 Å². The van der Waals surface area contributed by atoms with Crippen LogP contribution in [0.15, 0.2) is 0 Å². The Bertz CT molecular complexity index is 319. The molecule has 1 nitrogen and oxygen atoms in total. The zero-order valence-corrected chi connectivity index (χ0v) is 25.7. The minimum absolute atomic E-state index is 0.989. The van der Waals surface area contributed by atoms with Crippen LogP contribution in [0.1, 0.15) is 213 Å². The van der Waals surface area contributed by atoms with Crippen LogP contribution < -0.4 is 0 Å². The lowest BCUT2D eigenvalue weighted by molar-refractivity contribution is 0.125. The molecule has 36 heavy (non-hydrogen) atoms. The number of hydrogen-bond acceptors (Lipinski definition) is 1. The van der Waals surface area contributed by atoms with Gasteiger partial charge in [-0.1, -0.05) is 200 Å². The Kier molecular flexibility index (Phi) is 34.9. The third-order valence-electron chi connectivity index (χ3n) is 8.03. The van der Waals surface area contributed by atoms with Crippen molar-refractivity contribution in [2.24, 2.45) is 0 Å². The van der Waals surface area contributed by atoms with Gasteiger partial charge >= 0.3 is 0 Å². The van der Waals surface area contributed by atoms with E-state index in [2.05, 4.69) is 13.8 Å². The van der Waals surface area contributed by atoms with Crippen LogP contribution in [-0.4, -0.2) is 13.2 Å². The number of hydrogen-bond donors (Lipinski definition) is 0. The fourth-order valence-corrected chi connectivity index (χ4v) is 5.43. The van der Waals surface area contributed by atoms with Gasteiger partial charge in [0.1, 0.15) is 0 Å². The summed E-state index contributed by atoms with van der Waals surface area (Å²) in [4.78, 5) is 0. The molecule has 0 aromatic carbocycles. The quantitative estimate of drug-likeness (QED) is 0.0801. The van der Waals surface area contributed by atoms with Crippen molar-refractivity contribution in [1.29, 1.82) is 0 Å². The molecule has 0 aliphatic carbocycles. The number of unbranched alkanes of at least 4 members (excludes halogenated alkanes) is 29. The van der Waals surface area contributed by atoms with Gasteiger partial charge in [-0.3, -0.25) is 0 Å². The second kappa shape index (κ2) is 35.0. The van der Waals surface area contributed by atoms with Gasteiger partial charge in [0.05, 0.1) is 0 Å². The van der Waals surface area contributed by atoms with Crippen LogP contribution in [0.5, 0.6) is 0 Å². The van der Waals surface area contributed by atoms with Crippen LogP contribution >= 0.6 is 0 Å². The van der Waals surface area contributed by atoms with E-state index in [1.54, 1.807) is 0 Å². The predicted octanol–water partition coefficient (Wildman–Crippen LogP) is 13.1. The second-order valence-corrected chi connectivity index (χ2v) is 11.9. The maximum Gasteiger partial charge on any atom is 0.0466 e. The van der Waals surface area contributed by atoms with Crippen LogP contribution in [-0.2, 0) is 4.74 Å². The van der Waals surface area contributed by atoms with Crippen molar-refractivity contribution in [1.82, 2.24) is 0 Å². The van der Waals surface area contributed by atoms with Gasteiger partial charge < -0.3 is 4.74 Å². The Hall–Kier alpha value is -0.0400. The molecule has 0 bridgehead atoms. The molecule has 0 aromatic heterocycles. The average Bonchev–Trinajstić information content (AvgIpc) is 2.89. The molecule has 0 aromatic rings. The minimum Gasteiger partial charge on any atom is -0.381 e. The number of ether oxygens (including phenoxy) is 1. The Morgan fingerprint density at radius 1 is 0.222 bits per heavy atom. The van der Waals surface area contributed by atoms with E-state index in [1.807, 2.05) is 0 Å². The molecule has 0 radical (unpaired) electrons. The van der Waals surface area contributed by atoms with Gasteiger partial charge in [0.25, 0.3) is 0 Å². The third-order valence-corrected chi connectivity index (χ3v) is 8.03. The molecule has 0 fully saturated rings. The van der Waals surface area contributed by atoms with Crippen molar-refractivity contribution in [2.45, 2.75) is 213 Å². The fourth-order valence-electron chi connectivity index (χ4n) is 5.43. The van der Waals surface area contributed by atoms with Gasteiger partial charge in [-0.25, -0.2) is 0 Å². The molecule has 0 atom stereocenters. The maximum atomic E-state index is 5.77. The molecule has 0 heterocycles. The van der Waals surface area contributed by atoms with E-state index in [4.69, 9.17) is 4.74 Å². The normalized spacial score (nSPS) is 11.5. The van der Waals surface area contributed by atoms with Crippen molar-refractivity contribution in [3.63, 3.8) is 0 Å². The summed E-state index contributed by atoms with van der Waals surface area (Å²) in [6.07, 6.45) is 44.7. The SMILES string of the molecule is CCCCCCCCCCCCCCCCCCCCCCCCCCCCOCCCCCCC. The van der Waals surface area contributed by atoms with Crippen LogP contribution in [0.4, 0.5) is 0 Å². The third kappa shape index (κ3) is 34.0.